The van der Waals surface area contributed by atoms with Gasteiger partial charge < -0.3 is 14.6 Å². The molecule has 0 radical (unpaired) electrons. The average molecular weight is 433 g/mol. The van der Waals surface area contributed by atoms with Gasteiger partial charge in [0.15, 0.2) is 5.82 Å². The summed E-state index contributed by atoms with van der Waals surface area (Å²) in [6.45, 7) is 0. The third-order valence-corrected chi connectivity index (χ3v) is 4.97. The topological polar surface area (TPSA) is 91.0 Å². The fourth-order valence-electron chi connectivity index (χ4n) is 3.52. The molecule has 0 saturated heterocycles. The second-order valence-electron chi connectivity index (χ2n) is 7.12. The van der Waals surface area contributed by atoms with E-state index in [1.54, 1.807) is 7.05 Å². The molecule has 0 spiro atoms. The summed E-state index contributed by atoms with van der Waals surface area (Å²) in [6, 6.07) is 4.86. The largest absolute Gasteiger partial charge is 0.573 e. The summed E-state index contributed by atoms with van der Waals surface area (Å²) in [7, 11) is 1.56. The molecule has 1 aliphatic carbocycles. The molecule has 0 saturated carbocycles. The SMILES string of the molecule is Cn1cncc(Nc2nn(-c3ccc(OC(F)(F)F)cc3)c(=O)c3c2CCCC3)c1=O. The molecular formula is C20H18F3N5O3. The van der Waals surface area contributed by atoms with Gasteiger partial charge in [-0.25, -0.2) is 4.98 Å². The van der Waals surface area contributed by atoms with Gasteiger partial charge in [0.05, 0.1) is 18.2 Å². The summed E-state index contributed by atoms with van der Waals surface area (Å²) in [5.74, 6) is -0.0607. The van der Waals surface area contributed by atoms with Crippen LogP contribution in [0.4, 0.5) is 24.7 Å². The van der Waals surface area contributed by atoms with Gasteiger partial charge in [0.2, 0.25) is 0 Å². The first kappa shape index (κ1) is 20.6. The first-order chi connectivity index (χ1) is 14.7. The minimum atomic E-state index is -4.81. The Kier molecular flexibility index (Phi) is 5.25. The summed E-state index contributed by atoms with van der Waals surface area (Å²) < 4.78 is 43.5. The van der Waals surface area contributed by atoms with Crippen molar-refractivity contribution in [2.24, 2.45) is 7.05 Å². The smallest absolute Gasteiger partial charge is 0.406 e. The number of nitrogens with zero attached hydrogens (tertiary/aromatic N) is 4. The molecule has 3 aromatic rings. The Morgan fingerprint density at radius 3 is 2.39 bits per heavy atom. The maximum Gasteiger partial charge on any atom is 0.573 e. The molecule has 11 heteroatoms. The Morgan fingerprint density at radius 1 is 1.03 bits per heavy atom. The predicted molar refractivity (Wildman–Crippen MR) is 106 cm³/mol. The van der Waals surface area contributed by atoms with Crippen LogP contribution in [-0.4, -0.2) is 25.7 Å². The summed E-state index contributed by atoms with van der Waals surface area (Å²) >= 11 is 0. The maximum absolute atomic E-state index is 13.0. The number of anilines is 2. The quantitative estimate of drug-likeness (QED) is 0.681. The van der Waals surface area contributed by atoms with Crippen LogP contribution < -0.4 is 21.2 Å². The number of halogens is 3. The van der Waals surface area contributed by atoms with E-state index in [-0.39, 0.29) is 22.5 Å². The monoisotopic (exact) mass is 433 g/mol. The Labute approximate surface area is 173 Å². The molecule has 0 amide bonds. The van der Waals surface area contributed by atoms with E-state index in [9.17, 15) is 22.8 Å². The first-order valence-corrected chi connectivity index (χ1v) is 9.52. The van der Waals surface area contributed by atoms with Gasteiger partial charge in [-0.15, -0.1) is 18.3 Å². The van der Waals surface area contributed by atoms with Crippen LogP contribution in [0, 0.1) is 0 Å². The number of aromatic nitrogens is 4. The molecule has 31 heavy (non-hydrogen) atoms. The van der Waals surface area contributed by atoms with Crippen molar-refractivity contribution in [2.75, 3.05) is 5.32 Å². The molecule has 8 nitrogen and oxygen atoms in total. The van der Waals surface area contributed by atoms with Gasteiger partial charge in [0.1, 0.15) is 11.4 Å². The molecule has 162 valence electrons. The van der Waals surface area contributed by atoms with Gasteiger partial charge in [-0.05, 0) is 49.9 Å². The van der Waals surface area contributed by atoms with Crippen molar-refractivity contribution in [2.45, 2.75) is 32.0 Å². The molecule has 2 heterocycles. The average Bonchev–Trinajstić information content (AvgIpc) is 2.73. The highest BCUT2D eigenvalue weighted by molar-refractivity contribution is 5.59. The van der Waals surface area contributed by atoms with Crippen molar-refractivity contribution in [1.29, 1.82) is 0 Å². The number of benzene rings is 1. The molecule has 1 N–H and O–H groups in total. The highest BCUT2D eigenvalue weighted by Crippen LogP contribution is 2.27. The van der Waals surface area contributed by atoms with Gasteiger partial charge in [-0.3, -0.25) is 9.59 Å². The number of fused-ring (bicyclic) bond motifs is 1. The summed E-state index contributed by atoms with van der Waals surface area (Å²) in [5.41, 5.74) is 1.12. The number of hydrogen-bond acceptors (Lipinski definition) is 6. The van der Waals surface area contributed by atoms with E-state index in [0.717, 1.165) is 35.2 Å². The second-order valence-corrected chi connectivity index (χ2v) is 7.12. The van der Waals surface area contributed by atoms with Gasteiger partial charge in [0, 0.05) is 18.2 Å². The van der Waals surface area contributed by atoms with E-state index >= 15 is 0 Å². The van der Waals surface area contributed by atoms with Gasteiger partial charge >= 0.3 is 6.36 Å². The van der Waals surface area contributed by atoms with Crippen LogP contribution in [-0.2, 0) is 19.9 Å². The van der Waals surface area contributed by atoms with Crippen LogP contribution in [0.2, 0.25) is 0 Å². The molecular weight excluding hydrogens is 415 g/mol. The summed E-state index contributed by atoms with van der Waals surface area (Å²) in [6.07, 6.45) is 0.820. The minimum Gasteiger partial charge on any atom is -0.406 e. The van der Waals surface area contributed by atoms with Crippen LogP contribution in [0.25, 0.3) is 5.69 Å². The molecule has 0 bridgehead atoms. The van der Waals surface area contributed by atoms with E-state index in [4.69, 9.17) is 0 Å². The molecule has 0 aliphatic heterocycles. The van der Waals surface area contributed by atoms with Crippen molar-refractivity contribution in [3.05, 3.63) is 68.6 Å². The van der Waals surface area contributed by atoms with Crippen LogP contribution in [0.15, 0.2) is 46.4 Å². The van der Waals surface area contributed by atoms with Crippen LogP contribution in [0.3, 0.4) is 0 Å². The molecule has 0 atom stereocenters. The Hall–Kier alpha value is -3.63. The Balaban J connectivity index is 1.79. The normalized spacial score (nSPS) is 13.5. The zero-order valence-corrected chi connectivity index (χ0v) is 16.4. The molecule has 0 fully saturated rings. The summed E-state index contributed by atoms with van der Waals surface area (Å²) in [5, 5.41) is 7.36. The van der Waals surface area contributed by atoms with Gasteiger partial charge in [-0.1, -0.05) is 0 Å². The number of alkyl halides is 3. The standard InChI is InChI=1S/C20H18F3N5O3/c1-27-11-24-10-16(19(27)30)25-17-14-4-2-3-5-15(14)18(29)28(26-17)12-6-8-13(9-7-12)31-20(21,22)23/h6-11H,2-5H2,1H3,(H,25,26). The molecule has 4 rings (SSSR count). The van der Waals surface area contributed by atoms with Crippen molar-refractivity contribution in [1.82, 2.24) is 19.3 Å². The van der Waals surface area contributed by atoms with Crippen molar-refractivity contribution in [3.8, 4) is 11.4 Å². The molecule has 0 unspecified atom stereocenters. The Morgan fingerprint density at radius 2 is 1.71 bits per heavy atom. The maximum atomic E-state index is 13.0. The van der Waals surface area contributed by atoms with E-state index in [2.05, 4.69) is 20.1 Å². The van der Waals surface area contributed by atoms with E-state index in [1.165, 1.54) is 29.2 Å². The van der Waals surface area contributed by atoms with Gasteiger partial charge in [0.25, 0.3) is 11.1 Å². The van der Waals surface area contributed by atoms with E-state index in [0.29, 0.717) is 24.2 Å². The van der Waals surface area contributed by atoms with Crippen molar-refractivity contribution < 1.29 is 17.9 Å². The molecule has 1 aliphatic rings. The fraction of sp³-hybridized carbons (Fsp3) is 0.300. The number of nitrogens with one attached hydrogen (secondary N) is 1. The molecule has 2 aromatic heterocycles. The molecule has 1 aromatic carbocycles. The Bertz CT molecular complexity index is 1230. The number of hydrogen-bond donors (Lipinski definition) is 1. The van der Waals surface area contributed by atoms with E-state index in [1.807, 2.05) is 0 Å². The number of rotatable bonds is 4. The minimum absolute atomic E-state index is 0.199. The van der Waals surface area contributed by atoms with Crippen LogP contribution in [0.5, 0.6) is 5.75 Å². The number of aryl methyl sites for hydroxylation is 1. The highest BCUT2D eigenvalue weighted by Gasteiger charge is 2.31. The van der Waals surface area contributed by atoms with Crippen LogP contribution in [0.1, 0.15) is 24.0 Å². The van der Waals surface area contributed by atoms with Gasteiger partial charge in [-0.2, -0.15) is 4.68 Å². The predicted octanol–water partition coefficient (Wildman–Crippen LogP) is 2.85. The zero-order chi connectivity index (χ0) is 22.2. The number of ether oxygens (including phenoxy) is 1. The first-order valence-electron chi connectivity index (χ1n) is 9.52. The summed E-state index contributed by atoms with van der Waals surface area (Å²) in [4.78, 5) is 29.4. The zero-order valence-electron chi connectivity index (χ0n) is 16.4. The van der Waals surface area contributed by atoms with Crippen molar-refractivity contribution in [3.63, 3.8) is 0 Å². The highest BCUT2D eigenvalue weighted by atomic mass is 19.4. The third-order valence-electron chi connectivity index (χ3n) is 4.97. The van der Waals surface area contributed by atoms with Crippen molar-refractivity contribution >= 4 is 11.5 Å². The lowest BCUT2D eigenvalue weighted by Crippen LogP contribution is -2.30. The third kappa shape index (κ3) is 4.30. The van der Waals surface area contributed by atoms with E-state index < -0.39 is 12.1 Å². The lowest BCUT2D eigenvalue weighted by atomic mass is 9.93. The lowest BCUT2D eigenvalue weighted by Gasteiger charge is -2.20. The lowest BCUT2D eigenvalue weighted by molar-refractivity contribution is -0.274. The second kappa shape index (κ2) is 7.89. The fourth-order valence-corrected chi connectivity index (χ4v) is 3.52. The van der Waals surface area contributed by atoms with Crippen LogP contribution >= 0.6 is 0 Å².